The first kappa shape index (κ1) is 11.0. The van der Waals surface area contributed by atoms with Gasteiger partial charge < -0.3 is 10.6 Å². The van der Waals surface area contributed by atoms with Crippen LogP contribution in [-0.4, -0.2) is 28.6 Å². The molecule has 2 heterocycles. The topological polar surface area (TPSA) is 55.0 Å². The third kappa shape index (κ3) is 1.80. The summed E-state index contributed by atoms with van der Waals surface area (Å²) in [7, 11) is 0. The van der Waals surface area contributed by atoms with Gasteiger partial charge in [0.15, 0.2) is 0 Å². The van der Waals surface area contributed by atoms with E-state index in [1.807, 2.05) is 0 Å². The van der Waals surface area contributed by atoms with Gasteiger partial charge in [0.25, 0.3) is 0 Å². The van der Waals surface area contributed by atoms with Crippen LogP contribution in [-0.2, 0) is 12.8 Å². The van der Waals surface area contributed by atoms with Crippen molar-refractivity contribution in [1.82, 2.24) is 9.97 Å². The van der Waals surface area contributed by atoms with Gasteiger partial charge in [-0.05, 0) is 25.7 Å². The van der Waals surface area contributed by atoms with Crippen molar-refractivity contribution in [1.29, 1.82) is 0 Å². The van der Waals surface area contributed by atoms with Gasteiger partial charge in [-0.15, -0.1) is 0 Å². The molecule has 2 aliphatic rings. The van der Waals surface area contributed by atoms with Crippen LogP contribution in [0, 0.1) is 0 Å². The summed E-state index contributed by atoms with van der Waals surface area (Å²) in [5, 5.41) is 0. The fraction of sp³-hybridized carbons (Fsp3) is 0.692. The zero-order valence-electron chi connectivity index (χ0n) is 10.4. The highest BCUT2D eigenvalue weighted by Gasteiger charge is 2.40. The Morgan fingerprint density at radius 2 is 2.18 bits per heavy atom. The number of hydrogen-bond donors (Lipinski definition) is 1. The summed E-state index contributed by atoms with van der Waals surface area (Å²) in [6, 6.07) is 0. The second-order valence-electron chi connectivity index (χ2n) is 5.44. The normalized spacial score (nSPS) is 21.2. The van der Waals surface area contributed by atoms with Crippen LogP contribution in [0.3, 0.4) is 0 Å². The molecule has 0 saturated carbocycles. The van der Waals surface area contributed by atoms with Crippen LogP contribution in [0.15, 0.2) is 6.33 Å². The Balaban J connectivity index is 1.77. The second kappa shape index (κ2) is 3.95. The van der Waals surface area contributed by atoms with Crippen LogP contribution in [0.1, 0.15) is 37.4 Å². The van der Waals surface area contributed by atoms with E-state index in [0.29, 0.717) is 0 Å². The molecule has 4 nitrogen and oxygen atoms in total. The highest BCUT2D eigenvalue weighted by Crippen LogP contribution is 2.33. The highest BCUT2D eigenvalue weighted by molar-refractivity contribution is 5.53. The zero-order chi connectivity index (χ0) is 11.9. The fourth-order valence-corrected chi connectivity index (χ4v) is 3.13. The van der Waals surface area contributed by atoms with E-state index in [1.54, 1.807) is 6.33 Å². The third-order valence-electron chi connectivity index (χ3n) is 3.91. The van der Waals surface area contributed by atoms with E-state index < -0.39 is 0 Å². The van der Waals surface area contributed by atoms with E-state index in [4.69, 9.17) is 5.73 Å². The lowest BCUT2D eigenvalue weighted by molar-refractivity contribution is 0.305. The van der Waals surface area contributed by atoms with Crippen molar-refractivity contribution in [3.63, 3.8) is 0 Å². The molecule has 0 radical (unpaired) electrons. The predicted molar refractivity (Wildman–Crippen MR) is 68.1 cm³/mol. The van der Waals surface area contributed by atoms with Crippen molar-refractivity contribution in [2.75, 3.05) is 18.0 Å². The largest absolute Gasteiger partial charge is 0.352 e. The summed E-state index contributed by atoms with van der Waals surface area (Å²) in [6.45, 7) is 4.09. The molecule has 92 valence electrons. The molecule has 0 unspecified atom stereocenters. The molecule has 1 fully saturated rings. The smallest absolute Gasteiger partial charge is 0.135 e. The van der Waals surface area contributed by atoms with Crippen LogP contribution in [0.25, 0.3) is 0 Å². The monoisotopic (exact) mass is 232 g/mol. The van der Waals surface area contributed by atoms with E-state index >= 15 is 0 Å². The van der Waals surface area contributed by atoms with Crippen molar-refractivity contribution in [2.24, 2.45) is 5.73 Å². The maximum Gasteiger partial charge on any atom is 0.135 e. The summed E-state index contributed by atoms with van der Waals surface area (Å²) >= 11 is 0. The molecule has 0 bridgehead atoms. The van der Waals surface area contributed by atoms with E-state index in [2.05, 4.69) is 21.8 Å². The average molecular weight is 232 g/mol. The molecule has 1 aliphatic heterocycles. The highest BCUT2D eigenvalue weighted by atomic mass is 15.3. The van der Waals surface area contributed by atoms with Crippen molar-refractivity contribution in [3.05, 3.63) is 17.6 Å². The van der Waals surface area contributed by atoms with Gasteiger partial charge in [-0.2, -0.15) is 0 Å². The molecule has 1 aromatic heterocycles. The lowest BCUT2D eigenvalue weighted by Gasteiger charge is -2.49. The fourth-order valence-electron chi connectivity index (χ4n) is 3.13. The van der Waals surface area contributed by atoms with Gasteiger partial charge >= 0.3 is 0 Å². The van der Waals surface area contributed by atoms with E-state index in [1.165, 1.54) is 17.7 Å². The number of anilines is 1. The van der Waals surface area contributed by atoms with Crippen molar-refractivity contribution in [3.8, 4) is 0 Å². The van der Waals surface area contributed by atoms with Gasteiger partial charge in [-0.25, -0.2) is 9.97 Å². The van der Waals surface area contributed by atoms with E-state index in [-0.39, 0.29) is 5.54 Å². The minimum atomic E-state index is 0.0190. The summed E-state index contributed by atoms with van der Waals surface area (Å²) in [6.07, 6.45) is 7.44. The first-order valence-electron chi connectivity index (χ1n) is 6.58. The Morgan fingerprint density at radius 1 is 1.35 bits per heavy atom. The first-order chi connectivity index (χ1) is 8.22. The van der Waals surface area contributed by atoms with Gasteiger partial charge in [-0.1, -0.05) is 13.3 Å². The Bertz CT molecular complexity index is 423. The molecule has 0 amide bonds. The van der Waals surface area contributed by atoms with E-state index in [9.17, 15) is 0 Å². The lowest BCUT2D eigenvalue weighted by Crippen LogP contribution is -2.67. The molecule has 17 heavy (non-hydrogen) atoms. The number of nitrogens with two attached hydrogens (primary N) is 1. The zero-order valence-corrected chi connectivity index (χ0v) is 10.4. The lowest BCUT2D eigenvalue weighted by atomic mass is 9.86. The summed E-state index contributed by atoms with van der Waals surface area (Å²) in [5.74, 6) is 1.14. The Kier molecular flexibility index (Phi) is 2.54. The van der Waals surface area contributed by atoms with Gasteiger partial charge in [0.05, 0.1) is 5.54 Å². The summed E-state index contributed by atoms with van der Waals surface area (Å²) < 4.78 is 0. The molecule has 2 N–H and O–H groups in total. The standard InChI is InChI=1S/C13H20N4/c1-2-6-13(14)7-17(8-13)12-10-4-3-5-11(10)15-9-16-12/h9H,2-8,14H2,1H3. The second-order valence-corrected chi connectivity index (χ2v) is 5.44. The first-order valence-corrected chi connectivity index (χ1v) is 6.58. The van der Waals surface area contributed by atoms with Gasteiger partial charge in [0, 0.05) is 24.3 Å². The number of aromatic nitrogens is 2. The summed E-state index contributed by atoms with van der Waals surface area (Å²) in [5.41, 5.74) is 8.94. The Hall–Kier alpha value is -1.16. The quantitative estimate of drug-likeness (QED) is 0.853. The van der Waals surface area contributed by atoms with Crippen molar-refractivity contribution < 1.29 is 0 Å². The Labute approximate surface area is 102 Å². The molecule has 0 aromatic carbocycles. The number of rotatable bonds is 3. The minimum absolute atomic E-state index is 0.0190. The predicted octanol–water partition coefficient (Wildman–Crippen LogP) is 1.28. The van der Waals surface area contributed by atoms with Crippen LogP contribution in [0.2, 0.25) is 0 Å². The van der Waals surface area contributed by atoms with Gasteiger partial charge in [-0.3, -0.25) is 0 Å². The Morgan fingerprint density at radius 3 is 2.94 bits per heavy atom. The molecule has 0 atom stereocenters. The minimum Gasteiger partial charge on any atom is -0.352 e. The van der Waals surface area contributed by atoms with Crippen LogP contribution in [0.4, 0.5) is 5.82 Å². The SMILES string of the molecule is CCCC1(N)CN(c2ncnc3c2CCC3)C1. The molecule has 1 saturated heterocycles. The van der Waals surface area contributed by atoms with Crippen molar-refractivity contribution in [2.45, 2.75) is 44.6 Å². The molecule has 1 aliphatic carbocycles. The number of fused-ring (bicyclic) bond motifs is 1. The maximum absolute atomic E-state index is 6.30. The summed E-state index contributed by atoms with van der Waals surface area (Å²) in [4.78, 5) is 11.1. The maximum atomic E-state index is 6.30. The molecule has 0 spiro atoms. The number of nitrogens with zero attached hydrogens (tertiary/aromatic N) is 3. The van der Waals surface area contributed by atoms with Crippen LogP contribution >= 0.6 is 0 Å². The molecular weight excluding hydrogens is 212 g/mol. The van der Waals surface area contributed by atoms with Crippen LogP contribution in [0.5, 0.6) is 0 Å². The third-order valence-corrected chi connectivity index (χ3v) is 3.91. The van der Waals surface area contributed by atoms with Crippen LogP contribution < -0.4 is 10.6 Å². The molecule has 4 heteroatoms. The number of hydrogen-bond acceptors (Lipinski definition) is 4. The van der Waals surface area contributed by atoms with Crippen molar-refractivity contribution >= 4 is 5.82 Å². The molecule has 3 rings (SSSR count). The van der Waals surface area contributed by atoms with Gasteiger partial charge in [0.1, 0.15) is 12.1 Å². The van der Waals surface area contributed by atoms with Gasteiger partial charge in [0.2, 0.25) is 0 Å². The van der Waals surface area contributed by atoms with E-state index in [0.717, 1.165) is 44.6 Å². The molecular formula is C13H20N4. The molecule has 1 aromatic rings. The average Bonchev–Trinajstić information content (AvgIpc) is 2.73. The number of aryl methyl sites for hydroxylation is 1.